The van der Waals surface area contributed by atoms with Crippen molar-refractivity contribution in [2.45, 2.75) is 12.8 Å². The Balaban J connectivity index is 2.82. The Morgan fingerprint density at radius 3 is 2.92 bits per heavy atom. The van der Waals surface area contributed by atoms with Crippen LogP contribution in [-0.2, 0) is 9.59 Å². The molecule has 0 fully saturated rings. The molecule has 1 N–H and O–H groups in total. The number of amides is 1. The molecular weight excluding hydrogens is 174 g/mol. The maximum absolute atomic E-state index is 11.0. The Bertz CT molecular complexity index is 315. The molecule has 1 aliphatic heterocycles. The largest absolute Gasteiger partial charge is 0.477 e. The molecule has 0 aromatic carbocycles. The van der Waals surface area contributed by atoms with Gasteiger partial charge in [0.05, 0.1) is 6.07 Å². The fourth-order valence-electron chi connectivity index (χ4n) is 0.946. The SMILES string of the molecule is N#CCN1N=C(C(=O)O)CCC1=O. The lowest BCUT2D eigenvalue weighted by molar-refractivity contribution is -0.132. The van der Waals surface area contributed by atoms with Gasteiger partial charge in [0.25, 0.3) is 0 Å². The molecule has 1 aliphatic rings. The van der Waals surface area contributed by atoms with Crippen molar-refractivity contribution in [1.29, 1.82) is 5.26 Å². The van der Waals surface area contributed by atoms with Gasteiger partial charge in [0, 0.05) is 12.8 Å². The zero-order valence-electron chi connectivity index (χ0n) is 6.73. The molecule has 1 heterocycles. The number of rotatable bonds is 2. The van der Waals surface area contributed by atoms with E-state index >= 15 is 0 Å². The van der Waals surface area contributed by atoms with E-state index in [0.29, 0.717) is 0 Å². The van der Waals surface area contributed by atoms with Crippen molar-refractivity contribution < 1.29 is 14.7 Å². The van der Waals surface area contributed by atoms with E-state index in [2.05, 4.69) is 5.10 Å². The number of carbonyl (C=O) groups excluding carboxylic acids is 1. The average molecular weight is 181 g/mol. The molecule has 0 spiro atoms. The minimum Gasteiger partial charge on any atom is -0.477 e. The van der Waals surface area contributed by atoms with Crippen LogP contribution in [0.5, 0.6) is 0 Å². The van der Waals surface area contributed by atoms with Crippen LogP contribution in [-0.4, -0.2) is 34.2 Å². The van der Waals surface area contributed by atoms with Crippen molar-refractivity contribution in [2.24, 2.45) is 5.10 Å². The van der Waals surface area contributed by atoms with Crippen LogP contribution in [0.4, 0.5) is 0 Å². The van der Waals surface area contributed by atoms with Crippen molar-refractivity contribution in [1.82, 2.24) is 5.01 Å². The van der Waals surface area contributed by atoms with Crippen LogP contribution >= 0.6 is 0 Å². The molecule has 0 aromatic heterocycles. The summed E-state index contributed by atoms with van der Waals surface area (Å²) in [5.74, 6) is -1.46. The summed E-state index contributed by atoms with van der Waals surface area (Å²) in [5, 5.41) is 21.3. The zero-order chi connectivity index (χ0) is 9.84. The van der Waals surface area contributed by atoms with Gasteiger partial charge in [-0.1, -0.05) is 0 Å². The molecule has 6 nitrogen and oxygen atoms in total. The predicted molar refractivity (Wildman–Crippen MR) is 41.6 cm³/mol. The molecule has 0 atom stereocenters. The third-order valence-corrected chi connectivity index (χ3v) is 1.57. The molecule has 0 aliphatic carbocycles. The van der Waals surface area contributed by atoms with E-state index in [4.69, 9.17) is 10.4 Å². The minimum atomic E-state index is -1.14. The van der Waals surface area contributed by atoms with Crippen molar-refractivity contribution in [3.05, 3.63) is 0 Å². The first-order chi connectivity index (χ1) is 6.15. The number of hydrazone groups is 1. The van der Waals surface area contributed by atoms with Gasteiger partial charge in [-0.2, -0.15) is 10.4 Å². The molecule has 0 aromatic rings. The lowest BCUT2D eigenvalue weighted by Crippen LogP contribution is -2.34. The van der Waals surface area contributed by atoms with Crippen LogP contribution in [0.3, 0.4) is 0 Å². The van der Waals surface area contributed by atoms with Gasteiger partial charge >= 0.3 is 5.97 Å². The van der Waals surface area contributed by atoms with E-state index in [1.54, 1.807) is 6.07 Å². The van der Waals surface area contributed by atoms with Crippen LogP contribution in [0.1, 0.15) is 12.8 Å². The molecule has 0 bridgehead atoms. The van der Waals surface area contributed by atoms with E-state index < -0.39 is 5.97 Å². The Morgan fingerprint density at radius 2 is 2.38 bits per heavy atom. The molecule has 0 saturated heterocycles. The standard InChI is InChI=1S/C7H7N3O3/c8-3-4-10-6(11)2-1-5(9-10)7(12)13/h1-2,4H2,(H,12,13). The van der Waals surface area contributed by atoms with Crippen LogP contribution in [0.2, 0.25) is 0 Å². The molecule has 6 heteroatoms. The molecule has 0 radical (unpaired) electrons. The maximum atomic E-state index is 11.0. The Morgan fingerprint density at radius 1 is 1.69 bits per heavy atom. The second-order valence-corrected chi connectivity index (χ2v) is 2.46. The fourth-order valence-corrected chi connectivity index (χ4v) is 0.946. The molecule has 68 valence electrons. The van der Waals surface area contributed by atoms with Gasteiger partial charge in [0.2, 0.25) is 5.91 Å². The third-order valence-electron chi connectivity index (χ3n) is 1.57. The van der Waals surface area contributed by atoms with E-state index in [1.807, 2.05) is 0 Å². The smallest absolute Gasteiger partial charge is 0.352 e. The van der Waals surface area contributed by atoms with E-state index in [0.717, 1.165) is 5.01 Å². The van der Waals surface area contributed by atoms with Gasteiger partial charge in [0.1, 0.15) is 12.3 Å². The third kappa shape index (κ3) is 2.02. The Hall–Kier alpha value is -1.90. The van der Waals surface area contributed by atoms with Crippen molar-refractivity contribution in [3.8, 4) is 6.07 Å². The quantitative estimate of drug-likeness (QED) is 0.585. The van der Waals surface area contributed by atoms with Crippen molar-refractivity contribution in [2.75, 3.05) is 6.54 Å². The zero-order valence-corrected chi connectivity index (χ0v) is 6.73. The minimum absolute atomic E-state index is 0.0742. The van der Waals surface area contributed by atoms with Gasteiger partial charge in [-0.25, -0.2) is 9.80 Å². The number of nitrogens with zero attached hydrogens (tertiary/aromatic N) is 3. The monoisotopic (exact) mass is 181 g/mol. The topological polar surface area (TPSA) is 93.8 Å². The van der Waals surface area contributed by atoms with Crippen molar-refractivity contribution >= 4 is 17.6 Å². The Kier molecular flexibility index (Phi) is 2.59. The summed E-state index contributed by atoms with van der Waals surface area (Å²) < 4.78 is 0. The summed E-state index contributed by atoms with van der Waals surface area (Å²) >= 11 is 0. The van der Waals surface area contributed by atoms with Gasteiger partial charge < -0.3 is 5.11 Å². The highest BCUT2D eigenvalue weighted by molar-refractivity contribution is 6.36. The van der Waals surface area contributed by atoms with Gasteiger partial charge in [0.15, 0.2) is 0 Å². The highest BCUT2D eigenvalue weighted by Gasteiger charge is 2.23. The number of carboxylic acid groups (broad SMARTS) is 1. The molecule has 13 heavy (non-hydrogen) atoms. The fraction of sp³-hybridized carbons (Fsp3) is 0.429. The number of aliphatic carboxylic acids is 1. The van der Waals surface area contributed by atoms with Crippen LogP contribution in [0.25, 0.3) is 0 Å². The van der Waals surface area contributed by atoms with Crippen LogP contribution < -0.4 is 0 Å². The maximum Gasteiger partial charge on any atom is 0.352 e. The summed E-state index contributed by atoms with van der Waals surface area (Å²) in [5.41, 5.74) is -0.0742. The summed E-state index contributed by atoms with van der Waals surface area (Å²) in [7, 11) is 0. The first-order valence-corrected chi connectivity index (χ1v) is 3.63. The molecular formula is C7H7N3O3. The summed E-state index contributed by atoms with van der Waals surface area (Å²) in [4.78, 5) is 21.5. The van der Waals surface area contributed by atoms with Crippen LogP contribution in [0.15, 0.2) is 5.10 Å². The van der Waals surface area contributed by atoms with E-state index in [9.17, 15) is 9.59 Å². The Labute approximate surface area is 74.1 Å². The average Bonchev–Trinajstić information content (AvgIpc) is 2.08. The summed E-state index contributed by atoms with van der Waals surface area (Å²) in [6, 6.07) is 1.73. The molecule has 1 amide bonds. The molecule has 0 saturated carbocycles. The number of carbonyl (C=O) groups is 2. The van der Waals surface area contributed by atoms with Crippen LogP contribution in [0, 0.1) is 11.3 Å². The van der Waals surface area contributed by atoms with Gasteiger partial charge in [-0.3, -0.25) is 4.79 Å². The highest BCUT2D eigenvalue weighted by atomic mass is 16.4. The van der Waals surface area contributed by atoms with Gasteiger partial charge in [-0.05, 0) is 0 Å². The number of hydrogen-bond donors (Lipinski definition) is 1. The van der Waals surface area contributed by atoms with E-state index in [1.165, 1.54) is 0 Å². The lowest BCUT2D eigenvalue weighted by atomic mass is 10.2. The lowest BCUT2D eigenvalue weighted by Gasteiger charge is -2.18. The number of hydrogen-bond acceptors (Lipinski definition) is 4. The number of carboxylic acids is 1. The highest BCUT2D eigenvalue weighted by Crippen LogP contribution is 2.08. The van der Waals surface area contributed by atoms with Crippen molar-refractivity contribution in [3.63, 3.8) is 0 Å². The molecule has 0 unspecified atom stereocenters. The summed E-state index contributed by atoms with van der Waals surface area (Å²) in [6.07, 6.45) is 0.239. The van der Waals surface area contributed by atoms with Gasteiger partial charge in [-0.15, -0.1) is 0 Å². The molecule has 1 rings (SSSR count). The first-order valence-electron chi connectivity index (χ1n) is 3.63. The number of nitriles is 1. The second-order valence-electron chi connectivity index (χ2n) is 2.46. The predicted octanol–water partition coefficient (Wildman–Crippen LogP) is -0.427. The first kappa shape index (κ1) is 9.19. The normalized spacial score (nSPS) is 16.4. The summed E-state index contributed by atoms with van der Waals surface area (Å²) in [6.45, 7) is -0.199. The second kappa shape index (κ2) is 3.67. The van der Waals surface area contributed by atoms with E-state index in [-0.39, 0.29) is 31.0 Å².